The summed E-state index contributed by atoms with van der Waals surface area (Å²) in [5, 5.41) is 9.12. The van der Waals surface area contributed by atoms with E-state index in [4.69, 9.17) is 19.9 Å². The van der Waals surface area contributed by atoms with E-state index in [1.54, 1.807) is 0 Å². The van der Waals surface area contributed by atoms with Gasteiger partial charge in [0.1, 0.15) is 0 Å². The van der Waals surface area contributed by atoms with Crippen LogP contribution in [0.3, 0.4) is 0 Å². The van der Waals surface area contributed by atoms with Crippen molar-refractivity contribution in [3.8, 4) is 55.9 Å². The van der Waals surface area contributed by atoms with Crippen molar-refractivity contribution < 1.29 is 0 Å². The van der Waals surface area contributed by atoms with Crippen molar-refractivity contribution in [1.82, 2.24) is 19.9 Å². The first kappa shape index (κ1) is 34.0. The Balaban J connectivity index is 0.903. The molecule has 0 aliphatic rings. The highest BCUT2D eigenvalue weighted by atomic mass is 14.8. The summed E-state index contributed by atoms with van der Waals surface area (Å²) in [5.74, 6) is 0. The van der Waals surface area contributed by atoms with Crippen LogP contribution in [0.25, 0.3) is 121 Å². The van der Waals surface area contributed by atoms with Gasteiger partial charge in [-0.1, -0.05) is 176 Å². The summed E-state index contributed by atoms with van der Waals surface area (Å²) in [6.07, 6.45) is 3.81. The van der Waals surface area contributed by atoms with Gasteiger partial charge >= 0.3 is 0 Å². The topological polar surface area (TPSA) is 51.6 Å². The summed E-state index contributed by atoms with van der Waals surface area (Å²) in [4.78, 5) is 20.5. The molecule has 0 saturated carbocycles. The molecule has 4 heteroatoms. The highest BCUT2D eigenvalue weighted by molar-refractivity contribution is 6.25. The highest BCUT2D eigenvalue weighted by Crippen LogP contribution is 2.39. The molecule has 0 atom stereocenters. The van der Waals surface area contributed by atoms with Gasteiger partial charge in [0.2, 0.25) is 0 Å². The second kappa shape index (κ2) is 13.8. The van der Waals surface area contributed by atoms with Crippen molar-refractivity contribution in [3.05, 3.63) is 207 Å². The first-order valence-electron chi connectivity index (χ1n) is 20.3. The normalized spacial score (nSPS) is 11.7. The minimum Gasteiger partial charge on any atom is -0.252 e. The zero-order chi connectivity index (χ0) is 39.6. The van der Waals surface area contributed by atoms with Crippen molar-refractivity contribution in [3.63, 3.8) is 0 Å². The summed E-state index contributed by atoms with van der Waals surface area (Å²) in [5.41, 5.74) is 14.5. The first-order valence-corrected chi connectivity index (χ1v) is 20.3. The summed E-state index contributed by atoms with van der Waals surface area (Å²) in [6.45, 7) is 0. The van der Waals surface area contributed by atoms with E-state index in [0.29, 0.717) is 0 Å². The van der Waals surface area contributed by atoms with Gasteiger partial charge in [0.25, 0.3) is 0 Å². The maximum Gasteiger partial charge on any atom is 0.0979 e. The fourth-order valence-corrected chi connectivity index (χ4v) is 8.93. The molecule has 0 aliphatic carbocycles. The van der Waals surface area contributed by atoms with Crippen LogP contribution in [0.1, 0.15) is 0 Å². The van der Waals surface area contributed by atoms with Crippen LogP contribution in [-0.2, 0) is 0 Å². The molecule has 4 nitrogen and oxygen atoms in total. The minimum absolute atomic E-state index is 0.850. The maximum absolute atomic E-state index is 5.29. The molecule has 60 heavy (non-hydrogen) atoms. The van der Waals surface area contributed by atoms with Crippen LogP contribution in [0, 0.1) is 0 Å². The van der Waals surface area contributed by atoms with Crippen molar-refractivity contribution in [2.45, 2.75) is 0 Å². The van der Waals surface area contributed by atoms with Gasteiger partial charge in [0.15, 0.2) is 0 Å². The van der Waals surface area contributed by atoms with Crippen molar-refractivity contribution >= 4 is 65.2 Å². The van der Waals surface area contributed by atoms with E-state index in [1.165, 1.54) is 32.7 Å². The lowest BCUT2D eigenvalue weighted by Crippen LogP contribution is -1.93. The Morgan fingerprint density at radius 1 is 0.217 bits per heavy atom. The fourth-order valence-electron chi connectivity index (χ4n) is 8.93. The number of hydrogen-bond acceptors (Lipinski definition) is 4. The molecule has 0 amide bonds. The van der Waals surface area contributed by atoms with E-state index in [1.807, 2.05) is 30.6 Å². The van der Waals surface area contributed by atoms with Gasteiger partial charge in [-0.2, -0.15) is 0 Å². The van der Waals surface area contributed by atoms with E-state index in [-0.39, 0.29) is 0 Å². The largest absolute Gasteiger partial charge is 0.252 e. The second-order valence-corrected chi connectivity index (χ2v) is 15.4. The van der Waals surface area contributed by atoms with Gasteiger partial charge in [-0.3, -0.25) is 9.97 Å². The number of hydrogen-bond donors (Lipinski definition) is 0. The fraction of sp³-hybridized carbons (Fsp3) is 0. The maximum atomic E-state index is 5.29. The molecular weight excluding hydrogens is 729 g/mol. The van der Waals surface area contributed by atoms with Crippen LogP contribution < -0.4 is 0 Å². The van der Waals surface area contributed by atoms with Crippen LogP contribution in [0.5, 0.6) is 0 Å². The molecule has 2 heterocycles. The van der Waals surface area contributed by atoms with E-state index in [0.717, 1.165) is 88.4 Å². The summed E-state index contributed by atoms with van der Waals surface area (Å²) in [7, 11) is 0. The zero-order valence-electron chi connectivity index (χ0n) is 32.4. The Bertz CT molecular complexity index is 3620. The van der Waals surface area contributed by atoms with E-state index >= 15 is 0 Å². The summed E-state index contributed by atoms with van der Waals surface area (Å²) >= 11 is 0. The number of aromatic nitrogens is 4. The van der Waals surface area contributed by atoms with E-state index in [2.05, 4.69) is 176 Å². The van der Waals surface area contributed by atoms with Gasteiger partial charge in [0.05, 0.1) is 45.8 Å². The minimum atomic E-state index is 0.850. The molecule has 0 fully saturated rings. The third kappa shape index (κ3) is 5.61. The van der Waals surface area contributed by atoms with Gasteiger partial charge in [-0.15, -0.1) is 0 Å². The summed E-state index contributed by atoms with van der Waals surface area (Å²) < 4.78 is 0. The third-order valence-corrected chi connectivity index (χ3v) is 11.9. The van der Waals surface area contributed by atoms with E-state index in [9.17, 15) is 0 Å². The predicted molar refractivity (Wildman–Crippen MR) is 250 cm³/mol. The molecule has 278 valence electrons. The van der Waals surface area contributed by atoms with E-state index < -0.39 is 0 Å². The lowest BCUT2D eigenvalue weighted by Gasteiger charge is -2.13. The van der Waals surface area contributed by atoms with Crippen LogP contribution in [-0.4, -0.2) is 19.9 Å². The highest BCUT2D eigenvalue weighted by Gasteiger charge is 2.16. The lowest BCUT2D eigenvalue weighted by atomic mass is 9.94. The Kier molecular flexibility index (Phi) is 7.82. The van der Waals surface area contributed by atoms with Gasteiger partial charge in [-0.05, 0) is 73.1 Å². The molecule has 0 saturated heterocycles. The lowest BCUT2D eigenvalue weighted by molar-refractivity contribution is 1.31. The molecule has 2 aromatic heterocycles. The zero-order valence-corrected chi connectivity index (χ0v) is 32.4. The van der Waals surface area contributed by atoms with Crippen molar-refractivity contribution in [2.24, 2.45) is 0 Å². The molecule has 12 aromatic rings. The number of fused-ring (bicyclic) bond motifs is 12. The average molecular weight is 763 g/mol. The monoisotopic (exact) mass is 762 g/mol. The van der Waals surface area contributed by atoms with Crippen LogP contribution in [0.4, 0.5) is 0 Å². The second-order valence-electron chi connectivity index (χ2n) is 15.4. The molecule has 12 rings (SSSR count). The average Bonchev–Trinajstić information content (AvgIpc) is 3.34. The molecule has 0 N–H and O–H groups in total. The smallest absolute Gasteiger partial charge is 0.0979 e. The predicted octanol–water partition coefficient (Wildman–Crippen LogP) is 14.5. The SMILES string of the molecule is c1ccc(-c2ccc3c(c2)c2ccccc2c2ncc(-c4ccc(-c5cccc(-c6ccc7c(c6)c6ccccc6c6nc(-c8ccccc8)cnc76)c5)cc4)nc32)cc1. The van der Waals surface area contributed by atoms with Crippen LogP contribution in [0.2, 0.25) is 0 Å². The molecule has 10 aromatic carbocycles. The van der Waals surface area contributed by atoms with Crippen LogP contribution >= 0.6 is 0 Å². The van der Waals surface area contributed by atoms with Gasteiger partial charge < -0.3 is 0 Å². The molecule has 0 unspecified atom stereocenters. The van der Waals surface area contributed by atoms with Crippen LogP contribution in [0.15, 0.2) is 207 Å². The van der Waals surface area contributed by atoms with Gasteiger partial charge in [0, 0.05) is 32.7 Å². The molecule has 0 aliphatic heterocycles. The standard InChI is InChI=1S/C56H34N4/c1-3-12-35(13-4-1)41-26-29-48-50(31-41)43-18-7-9-20-45(43)53-56(48)60-52(34-57-53)38-24-22-36(23-25-38)39-16-11-17-40(30-39)42-27-28-47-49(32-42)44-19-8-10-21-46(44)55-54(47)58-33-51(59-55)37-14-5-2-6-15-37/h1-34H. The molecular formula is C56H34N4. The quantitative estimate of drug-likeness (QED) is 0.164. The summed E-state index contributed by atoms with van der Waals surface area (Å²) in [6, 6.07) is 68.8. The molecule has 0 bridgehead atoms. The number of benzene rings is 10. The van der Waals surface area contributed by atoms with Gasteiger partial charge in [-0.25, -0.2) is 9.97 Å². The third-order valence-electron chi connectivity index (χ3n) is 11.9. The first-order chi connectivity index (χ1) is 29.7. The Hall–Kier alpha value is -8.08. The number of rotatable bonds is 5. The number of nitrogens with zero attached hydrogens (tertiary/aromatic N) is 4. The molecule has 0 radical (unpaired) electrons. The van der Waals surface area contributed by atoms with Crippen molar-refractivity contribution in [2.75, 3.05) is 0 Å². The Morgan fingerprint density at radius 3 is 1.15 bits per heavy atom. The Morgan fingerprint density at radius 2 is 0.567 bits per heavy atom. The molecule has 0 spiro atoms. The van der Waals surface area contributed by atoms with Crippen molar-refractivity contribution in [1.29, 1.82) is 0 Å². The Labute approximate surface area is 346 Å².